The Morgan fingerprint density at radius 1 is 1.31 bits per heavy atom. The number of amides is 2. The normalized spacial score (nSPS) is 15.0. The van der Waals surface area contributed by atoms with Crippen LogP contribution in [0, 0.1) is 0 Å². The number of hydrogen-bond donors (Lipinski definition) is 1. The molecule has 0 atom stereocenters. The lowest BCUT2D eigenvalue weighted by molar-refractivity contribution is -0.123. The summed E-state index contributed by atoms with van der Waals surface area (Å²) in [6, 6.07) is 12.2. The molecule has 1 saturated heterocycles. The third-order valence-corrected chi connectivity index (χ3v) is 5.77. The number of halogens is 1. The van der Waals surface area contributed by atoms with Gasteiger partial charge in [-0.15, -0.1) is 0 Å². The minimum atomic E-state index is -0.409. The van der Waals surface area contributed by atoms with E-state index in [1.807, 2.05) is 19.1 Å². The van der Waals surface area contributed by atoms with Crippen LogP contribution in [-0.2, 0) is 4.79 Å². The van der Waals surface area contributed by atoms with Gasteiger partial charge in [0.05, 0.1) is 23.1 Å². The summed E-state index contributed by atoms with van der Waals surface area (Å²) in [4.78, 5) is 25.5. The number of thioether (sulfide) groups is 1. The van der Waals surface area contributed by atoms with E-state index in [0.29, 0.717) is 33.0 Å². The molecule has 2 aromatic carbocycles. The second-order valence-corrected chi connectivity index (χ2v) is 8.32. The quantitative estimate of drug-likeness (QED) is 0.475. The summed E-state index contributed by atoms with van der Waals surface area (Å²) in [6.45, 7) is 2.38. The summed E-state index contributed by atoms with van der Waals surface area (Å²) < 4.78 is 11.9. The van der Waals surface area contributed by atoms with Gasteiger partial charge in [0.2, 0.25) is 0 Å². The standard InChI is InChI=1S/C20H17BrN2O4S2/c1-3-27-17-14(21)9-12(10-15(17)26-2)11-16-19(25)23(20(28)29-16)22-18(24)13-7-5-4-6-8-13/h4-11H,3H2,1-2H3,(H,22,24)/b16-11+. The molecular weight excluding hydrogens is 476 g/mol. The highest BCUT2D eigenvalue weighted by molar-refractivity contribution is 9.10. The second kappa shape index (κ2) is 9.43. The zero-order valence-electron chi connectivity index (χ0n) is 15.6. The fourth-order valence-electron chi connectivity index (χ4n) is 2.58. The van der Waals surface area contributed by atoms with Crippen LogP contribution in [0.5, 0.6) is 11.5 Å². The predicted octanol–water partition coefficient (Wildman–Crippen LogP) is 4.40. The molecule has 29 heavy (non-hydrogen) atoms. The van der Waals surface area contributed by atoms with Crippen molar-refractivity contribution in [1.29, 1.82) is 0 Å². The van der Waals surface area contributed by atoms with Gasteiger partial charge in [0.1, 0.15) is 0 Å². The summed E-state index contributed by atoms with van der Waals surface area (Å²) >= 11 is 9.85. The van der Waals surface area contributed by atoms with E-state index in [4.69, 9.17) is 21.7 Å². The van der Waals surface area contributed by atoms with Crippen molar-refractivity contribution in [2.45, 2.75) is 6.92 Å². The average molecular weight is 493 g/mol. The van der Waals surface area contributed by atoms with Gasteiger partial charge < -0.3 is 9.47 Å². The van der Waals surface area contributed by atoms with Crippen LogP contribution in [0.15, 0.2) is 51.8 Å². The number of hydrazine groups is 1. The van der Waals surface area contributed by atoms with Crippen molar-refractivity contribution in [1.82, 2.24) is 10.4 Å². The van der Waals surface area contributed by atoms with Gasteiger partial charge >= 0.3 is 0 Å². The molecule has 0 radical (unpaired) electrons. The van der Waals surface area contributed by atoms with Crippen LogP contribution in [0.2, 0.25) is 0 Å². The zero-order valence-corrected chi connectivity index (χ0v) is 18.8. The van der Waals surface area contributed by atoms with E-state index in [9.17, 15) is 9.59 Å². The molecule has 1 aliphatic rings. The molecule has 0 aromatic heterocycles. The Morgan fingerprint density at radius 3 is 2.69 bits per heavy atom. The van der Waals surface area contributed by atoms with Crippen LogP contribution >= 0.6 is 39.9 Å². The third kappa shape index (κ3) is 4.80. The Balaban J connectivity index is 1.83. The van der Waals surface area contributed by atoms with E-state index in [1.54, 1.807) is 43.5 Å². The molecule has 3 rings (SSSR count). The lowest BCUT2D eigenvalue weighted by Gasteiger charge is -2.15. The Labute approximate surface area is 186 Å². The van der Waals surface area contributed by atoms with Gasteiger partial charge in [-0.25, -0.2) is 0 Å². The van der Waals surface area contributed by atoms with Crippen molar-refractivity contribution in [3.8, 4) is 11.5 Å². The van der Waals surface area contributed by atoms with Crippen LogP contribution < -0.4 is 14.9 Å². The van der Waals surface area contributed by atoms with E-state index in [2.05, 4.69) is 21.4 Å². The molecule has 0 aliphatic carbocycles. The number of thiocarbonyl (C=S) groups is 1. The average Bonchev–Trinajstić information content (AvgIpc) is 2.97. The van der Waals surface area contributed by atoms with Crippen molar-refractivity contribution < 1.29 is 19.1 Å². The number of methoxy groups -OCH3 is 1. The highest BCUT2D eigenvalue weighted by atomic mass is 79.9. The molecule has 2 aromatic rings. The van der Waals surface area contributed by atoms with Gasteiger partial charge in [0, 0.05) is 5.56 Å². The zero-order chi connectivity index (χ0) is 21.0. The molecule has 1 heterocycles. The number of nitrogens with zero attached hydrogens (tertiary/aromatic N) is 1. The first-order valence-corrected chi connectivity index (χ1v) is 10.6. The lowest BCUT2D eigenvalue weighted by atomic mass is 10.2. The number of carbonyl (C=O) groups excluding carboxylic acids is 2. The minimum Gasteiger partial charge on any atom is -0.493 e. The molecule has 1 fully saturated rings. The molecule has 6 nitrogen and oxygen atoms in total. The summed E-state index contributed by atoms with van der Waals surface area (Å²) in [7, 11) is 1.55. The first-order chi connectivity index (χ1) is 13.9. The predicted molar refractivity (Wildman–Crippen MR) is 121 cm³/mol. The van der Waals surface area contributed by atoms with Crippen LogP contribution in [0.1, 0.15) is 22.8 Å². The van der Waals surface area contributed by atoms with Gasteiger partial charge in [-0.2, -0.15) is 5.01 Å². The van der Waals surface area contributed by atoms with E-state index < -0.39 is 11.8 Å². The molecule has 0 saturated carbocycles. The van der Waals surface area contributed by atoms with Crippen molar-refractivity contribution in [3.05, 3.63) is 63.0 Å². The molecular formula is C20H17BrN2O4S2. The fourth-order valence-corrected chi connectivity index (χ4v) is 4.33. The van der Waals surface area contributed by atoms with Crippen LogP contribution in [-0.4, -0.2) is 34.9 Å². The van der Waals surface area contributed by atoms with Crippen molar-refractivity contribution in [3.63, 3.8) is 0 Å². The SMILES string of the molecule is CCOc1c(Br)cc(/C=C2/SC(=S)N(NC(=O)c3ccccc3)C2=O)cc1OC. The number of rotatable bonds is 6. The van der Waals surface area contributed by atoms with E-state index in [1.165, 1.54) is 0 Å². The van der Waals surface area contributed by atoms with E-state index in [-0.39, 0.29) is 4.32 Å². The highest BCUT2D eigenvalue weighted by Gasteiger charge is 2.33. The molecule has 1 N–H and O–H groups in total. The minimum absolute atomic E-state index is 0.252. The number of benzene rings is 2. The molecule has 2 amide bonds. The molecule has 0 bridgehead atoms. The van der Waals surface area contributed by atoms with Gasteiger partial charge in [-0.3, -0.25) is 15.0 Å². The Bertz CT molecular complexity index is 995. The summed E-state index contributed by atoms with van der Waals surface area (Å²) in [5.74, 6) is 0.331. The van der Waals surface area contributed by atoms with Crippen molar-refractivity contribution in [2.75, 3.05) is 13.7 Å². The molecule has 1 aliphatic heterocycles. The Hall–Kier alpha value is -2.36. The number of hydrogen-bond acceptors (Lipinski definition) is 6. The second-order valence-electron chi connectivity index (χ2n) is 5.79. The molecule has 0 spiro atoms. The fraction of sp³-hybridized carbons (Fsp3) is 0.150. The smallest absolute Gasteiger partial charge is 0.285 e. The third-order valence-electron chi connectivity index (χ3n) is 3.88. The molecule has 0 unspecified atom stereocenters. The highest BCUT2D eigenvalue weighted by Crippen LogP contribution is 2.39. The van der Waals surface area contributed by atoms with Crippen LogP contribution in [0.3, 0.4) is 0 Å². The van der Waals surface area contributed by atoms with Crippen molar-refractivity contribution >= 4 is 62.1 Å². The van der Waals surface area contributed by atoms with Gasteiger partial charge in [-0.05, 0) is 71.0 Å². The maximum absolute atomic E-state index is 12.8. The van der Waals surface area contributed by atoms with Gasteiger partial charge in [0.15, 0.2) is 15.8 Å². The van der Waals surface area contributed by atoms with E-state index in [0.717, 1.165) is 22.3 Å². The maximum Gasteiger partial charge on any atom is 0.285 e. The van der Waals surface area contributed by atoms with E-state index >= 15 is 0 Å². The largest absolute Gasteiger partial charge is 0.493 e. The maximum atomic E-state index is 12.8. The number of nitrogens with one attached hydrogen (secondary N) is 1. The Kier molecular flexibility index (Phi) is 6.94. The first-order valence-electron chi connectivity index (χ1n) is 8.59. The molecule has 150 valence electrons. The van der Waals surface area contributed by atoms with Gasteiger partial charge in [0.25, 0.3) is 11.8 Å². The number of carbonyl (C=O) groups is 2. The Morgan fingerprint density at radius 2 is 2.03 bits per heavy atom. The lowest BCUT2D eigenvalue weighted by Crippen LogP contribution is -2.44. The summed E-state index contributed by atoms with van der Waals surface area (Å²) in [5, 5.41) is 1.09. The monoisotopic (exact) mass is 492 g/mol. The van der Waals surface area contributed by atoms with Crippen molar-refractivity contribution in [2.24, 2.45) is 0 Å². The first kappa shape index (κ1) is 21.4. The van der Waals surface area contributed by atoms with Crippen LogP contribution in [0.25, 0.3) is 6.08 Å². The van der Waals surface area contributed by atoms with Gasteiger partial charge in [-0.1, -0.05) is 30.0 Å². The summed E-state index contributed by atoms with van der Waals surface area (Å²) in [6.07, 6.45) is 1.69. The number of ether oxygens (including phenoxy) is 2. The topological polar surface area (TPSA) is 67.9 Å². The summed E-state index contributed by atoms with van der Waals surface area (Å²) in [5.41, 5.74) is 3.72. The molecule has 9 heteroatoms. The van der Waals surface area contributed by atoms with Crippen LogP contribution in [0.4, 0.5) is 0 Å².